The first kappa shape index (κ1) is 35.9. The molecule has 1 aliphatic heterocycles. The van der Waals surface area contributed by atoms with Gasteiger partial charge in [0.05, 0.1) is 23.8 Å². The first-order valence-electron chi connectivity index (χ1n) is 17.6. The fraction of sp³-hybridized carbons (Fsp3) is 0.182. The van der Waals surface area contributed by atoms with E-state index in [2.05, 4.69) is 46.8 Å². The molecule has 1 fully saturated rings. The molecule has 9 heteroatoms. The number of aliphatic hydroxyl groups is 1. The van der Waals surface area contributed by atoms with E-state index in [1.165, 1.54) is 0 Å². The lowest BCUT2D eigenvalue weighted by atomic mass is 9.91. The van der Waals surface area contributed by atoms with Crippen LogP contribution in [-0.4, -0.2) is 28.0 Å². The number of hydrogen-bond acceptors (Lipinski definition) is 7. The molecular formula is C44H41N3O5S. The molecule has 6 aromatic rings. The Kier molecular flexibility index (Phi) is 11.8. The van der Waals surface area contributed by atoms with Crippen molar-refractivity contribution in [3.63, 3.8) is 0 Å². The monoisotopic (exact) mass is 723 g/mol. The van der Waals surface area contributed by atoms with Crippen molar-refractivity contribution in [3.8, 4) is 22.6 Å². The van der Waals surface area contributed by atoms with Gasteiger partial charge < -0.3 is 30.0 Å². The summed E-state index contributed by atoms with van der Waals surface area (Å²) >= 11 is 1.68. The van der Waals surface area contributed by atoms with Gasteiger partial charge in [0.2, 0.25) is 0 Å². The minimum absolute atomic E-state index is 0.00578. The summed E-state index contributed by atoms with van der Waals surface area (Å²) in [7, 11) is 0. The molecule has 1 aromatic heterocycles. The topological polar surface area (TPSA) is 102 Å². The third kappa shape index (κ3) is 9.51. The van der Waals surface area contributed by atoms with Crippen LogP contribution < -0.4 is 15.4 Å². The molecule has 0 bridgehead atoms. The van der Waals surface area contributed by atoms with Gasteiger partial charge in [-0.05, 0) is 88.5 Å². The third-order valence-electron chi connectivity index (χ3n) is 9.12. The molecule has 0 spiro atoms. The Hall–Kier alpha value is -5.45. The highest BCUT2D eigenvalue weighted by Crippen LogP contribution is 2.43. The van der Waals surface area contributed by atoms with E-state index >= 15 is 0 Å². The van der Waals surface area contributed by atoms with Gasteiger partial charge in [0.25, 0.3) is 0 Å². The first-order valence-corrected chi connectivity index (χ1v) is 18.6. The molecule has 7 rings (SSSR count). The van der Waals surface area contributed by atoms with Crippen LogP contribution in [0.3, 0.4) is 0 Å². The molecule has 0 unspecified atom stereocenters. The maximum atomic E-state index is 12.8. The smallest absolute Gasteiger partial charge is 0.319 e. The van der Waals surface area contributed by atoms with Gasteiger partial charge in [-0.25, -0.2) is 9.78 Å². The zero-order chi connectivity index (χ0) is 36.4. The number of thioether (sulfide) groups is 1. The zero-order valence-corrected chi connectivity index (χ0v) is 30.1. The number of carbonyl (C=O) groups is 1. The van der Waals surface area contributed by atoms with Crippen LogP contribution in [0.4, 0.5) is 10.5 Å². The van der Waals surface area contributed by atoms with Gasteiger partial charge in [0.15, 0.2) is 6.29 Å². The summed E-state index contributed by atoms with van der Waals surface area (Å²) in [4.78, 5) is 17.3. The third-order valence-corrected chi connectivity index (χ3v) is 10.2. The van der Waals surface area contributed by atoms with E-state index in [9.17, 15) is 9.90 Å². The minimum atomic E-state index is -0.587. The fourth-order valence-electron chi connectivity index (χ4n) is 6.22. The first-order chi connectivity index (χ1) is 26.0. The second kappa shape index (κ2) is 17.4. The predicted octanol–water partition coefficient (Wildman–Crippen LogP) is 9.94. The van der Waals surface area contributed by atoms with Crippen molar-refractivity contribution in [3.05, 3.63) is 174 Å². The van der Waals surface area contributed by atoms with Gasteiger partial charge in [0.1, 0.15) is 11.5 Å². The van der Waals surface area contributed by atoms with E-state index in [1.807, 2.05) is 121 Å². The SMILES string of the molecule is C[C@H]1[C@@H](CSc2ccccn2)O[C@@H](c2cccc(-c3cccc(CNC(=O)Nc4ccc(Oc5ccccc5)cc4)c3)c2)O[C@H]1c1ccc(CO)cc1. The van der Waals surface area contributed by atoms with E-state index in [0.717, 1.165) is 49.9 Å². The molecule has 1 saturated heterocycles. The molecule has 4 atom stereocenters. The highest BCUT2D eigenvalue weighted by Gasteiger charge is 2.38. The van der Waals surface area contributed by atoms with Crippen LogP contribution in [0.25, 0.3) is 11.1 Å². The Morgan fingerprint density at radius 1 is 0.755 bits per heavy atom. The number of urea groups is 1. The number of anilines is 1. The molecule has 1 aliphatic rings. The van der Waals surface area contributed by atoms with E-state index < -0.39 is 6.29 Å². The molecule has 2 amide bonds. The Balaban J connectivity index is 1.01. The van der Waals surface area contributed by atoms with Crippen LogP contribution in [0.5, 0.6) is 11.5 Å². The standard InChI is InChI=1S/C44H41N3O5S/c1-30-40(29-53-41-15-5-6-24-45-41)51-43(52-42(30)33-18-16-31(28-48)17-19-33)36-12-8-11-35(26-36)34-10-7-9-32(25-34)27-46-44(49)47-37-20-22-39(23-21-37)50-38-13-3-2-4-14-38/h2-26,30,40,42-43,48H,27-29H2,1H3,(H2,46,47,49)/t30-,40+,42+,43+/m0/s1. The van der Waals surface area contributed by atoms with Crippen molar-refractivity contribution in [2.24, 2.45) is 5.92 Å². The number of aromatic nitrogens is 1. The quantitative estimate of drug-likeness (QED) is 0.108. The number of ether oxygens (including phenoxy) is 3. The zero-order valence-electron chi connectivity index (χ0n) is 29.3. The number of pyridine rings is 1. The van der Waals surface area contributed by atoms with Gasteiger partial charge in [-0.15, -0.1) is 11.8 Å². The van der Waals surface area contributed by atoms with Crippen LogP contribution in [0, 0.1) is 5.92 Å². The van der Waals surface area contributed by atoms with Gasteiger partial charge >= 0.3 is 6.03 Å². The van der Waals surface area contributed by atoms with Crippen LogP contribution in [0.2, 0.25) is 0 Å². The Bertz CT molecular complexity index is 2080. The number of carbonyl (C=O) groups excluding carboxylic acids is 1. The van der Waals surface area contributed by atoms with Gasteiger partial charge in [-0.2, -0.15) is 0 Å². The number of amides is 2. The summed E-state index contributed by atoms with van der Waals surface area (Å²) in [5.74, 6) is 2.23. The molecule has 3 N–H and O–H groups in total. The number of aliphatic hydroxyl groups excluding tert-OH is 1. The summed E-state index contributed by atoms with van der Waals surface area (Å²) in [6, 6.07) is 46.8. The van der Waals surface area contributed by atoms with Crippen molar-refractivity contribution in [2.75, 3.05) is 11.1 Å². The number of rotatable bonds is 12. The minimum Gasteiger partial charge on any atom is -0.457 e. The molecule has 0 aliphatic carbocycles. The Morgan fingerprint density at radius 2 is 1.49 bits per heavy atom. The van der Waals surface area contributed by atoms with Crippen LogP contribution >= 0.6 is 11.8 Å². The predicted molar refractivity (Wildman–Crippen MR) is 209 cm³/mol. The van der Waals surface area contributed by atoms with E-state index in [1.54, 1.807) is 18.0 Å². The molecule has 2 heterocycles. The van der Waals surface area contributed by atoms with Crippen molar-refractivity contribution in [1.82, 2.24) is 10.3 Å². The van der Waals surface area contributed by atoms with Gasteiger partial charge in [-0.3, -0.25) is 0 Å². The largest absolute Gasteiger partial charge is 0.457 e. The van der Waals surface area contributed by atoms with Gasteiger partial charge in [0, 0.05) is 35.7 Å². The lowest BCUT2D eigenvalue weighted by Gasteiger charge is -2.41. The summed E-state index contributed by atoms with van der Waals surface area (Å²) in [5.41, 5.74) is 6.48. The second-order valence-electron chi connectivity index (χ2n) is 12.9. The lowest BCUT2D eigenvalue weighted by molar-refractivity contribution is -0.268. The lowest BCUT2D eigenvalue weighted by Crippen LogP contribution is -2.38. The summed E-state index contributed by atoms with van der Waals surface area (Å²) < 4.78 is 19.3. The highest BCUT2D eigenvalue weighted by atomic mass is 32.2. The molecule has 53 heavy (non-hydrogen) atoms. The van der Waals surface area contributed by atoms with E-state index in [-0.39, 0.29) is 30.8 Å². The summed E-state index contributed by atoms with van der Waals surface area (Å²) in [6.07, 6.45) is 0.906. The average Bonchev–Trinajstić information content (AvgIpc) is 3.21. The van der Waals surface area contributed by atoms with Crippen LogP contribution in [0.1, 0.15) is 41.6 Å². The average molecular weight is 724 g/mol. The molecule has 268 valence electrons. The normalized spacial score (nSPS) is 18.2. The van der Waals surface area contributed by atoms with Crippen molar-refractivity contribution in [1.29, 1.82) is 0 Å². The van der Waals surface area contributed by atoms with E-state index in [4.69, 9.17) is 14.2 Å². The van der Waals surface area contributed by atoms with Crippen LogP contribution in [0.15, 0.2) is 157 Å². The number of hydrogen-bond donors (Lipinski definition) is 3. The summed E-state index contributed by atoms with van der Waals surface area (Å²) in [5, 5.41) is 16.4. The molecule has 0 saturated carbocycles. The highest BCUT2D eigenvalue weighted by molar-refractivity contribution is 7.99. The summed E-state index contributed by atoms with van der Waals surface area (Å²) in [6.45, 7) is 2.51. The number of benzene rings is 5. The maximum Gasteiger partial charge on any atom is 0.319 e. The van der Waals surface area contributed by atoms with Crippen LogP contribution in [-0.2, 0) is 22.6 Å². The number of para-hydroxylation sites is 1. The van der Waals surface area contributed by atoms with Crippen molar-refractivity contribution >= 4 is 23.5 Å². The molecule has 8 nitrogen and oxygen atoms in total. The Labute approximate surface area is 314 Å². The van der Waals surface area contributed by atoms with Crippen molar-refractivity contribution < 1.29 is 24.1 Å². The number of nitrogens with one attached hydrogen (secondary N) is 2. The molecular weight excluding hydrogens is 683 g/mol. The maximum absolute atomic E-state index is 12.8. The molecule has 5 aromatic carbocycles. The van der Waals surface area contributed by atoms with Gasteiger partial charge in [-0.1, -0.05) is 91.9 Å². The second-order valence-corrected chi connectivity index (χ2v) is 13.9. The van der Waals surface area contributed by atoms with E-state index in [0.29, 0.717) is 18.0 Å². The Morgan fingerprint density at radius 3 is 2.25 bits per heavy atom. The van der Waals surface area contributed by atoms with Crippen molar-refractivity contribution in [2.45, 2.75) is 43.6 Å². The number of nitrogens with zero attached hydrogens (tertiary/aromatic N) is 1. The fourth-order valence-corrected chi connectivity index (χ4v) is 7.25. The molecule has 0 radical (unpaired) electrons.